The molecule has 21 heavy (non-hydrogen) atoms. The van der Waals surface area contributed by atoms with Gasteiger partial charge in [0.1, 0.15) is 5.82 Å². The van der Waals surface area contributed by atoms with E-state index in [1.54, 1.807) is 0 Å². The van der Waals surface area contributed by atoms with Crippen molar-refractivity contribution >= 4 is 5.91 Å². The van der Waals surface area contributed by atoms with Crippen LogP contribution in [0.15, 0.2) is 42.7 Å². The summed E-state index contributed by atoms with van der Waals surface area (Å²) in [7, 11) is 0. The fourth-order valence-corrected chi connectivity index (χ4v) is 3.35. The highest BCUT2D eigenvalue weighted by atomic mass is 16.2. The van der Waals surface area contributed by atoms with E-state index in [4.69, 9.17) is 0 Å². The number of nitrogens with zero attached hydrogens (tertiary/aromatic N) is 2. The third-order valence-electron chi connectivity index (χ3n) is 4.64. The Morgan fingerprint density at radius 1 is 1.29 bits per heavy atom. The first-order valence-corrected chi connectivity index (χ1v) is 7.66. The van der Waals surface area contributed by atoms with Gasteiger partial charge < -0.3 is 9.88 Å². The van der Waals surface area contributed by atoms with Crippen LogP contribution in [0.4, 0.5) is 0 Å². The van der Waals surface area contributed by atoms with Crippen LogP contribution >= 0.6 is 0 Å². The molecular formula is C17H19N3O. The zero-order chi connectivity index (χ0) is 14.2. The molecule has 1 fully saturated rings. The van der Waals surface area contributed by atoms with Gasteiger partial charge in [-0.25, -0.2) is 4.98 Å². The molecule has 1 amide bonds. The molecule has 1 aromatic heterocycles. The Kier molecular flexibility index (Phi) is 3.02. The molecule has 2 aliphatic rings. The summed E-state index contributed by atoms with van der Waals surface area (Å²) in [6.45, 7) is 0.851. The Hall–Kier alpha value is -2.10. The van der Waals surface area contributed by atoms with Crippen molar-refractivity contribution in [1.29, 1.82) is 0 Å². The zero-order valence-corrected chi connectivity index (χ0v) is 11.9. The average Bonchev–Trinajstić information content (AvgIpc) is 3.19. The molecule has 1 aliphatic heterocycles. The maximum absolute atomic E-state index is 12.4. The highest BCUT2D eigenvalue weighted by Crippen LogP contribution is 2.47. The zero-order valence-electron chi connectivity index (χ0n) is 11.9. The van der Waals surface area contributed by atoms with Crippen molar-refractivity contribution in [3.63, 3.8) is 0 Å². The monoisotopic (exact) mass is 281 g/mol. The van der Waals surface area contributed by atoms with Crippen molar-refractivity contribution < 1.29 is 4.79 Å². The van der Waals surface area contributed by atoms with Crippen molar-refractivity contribution in [2.24, 2.45) is 5.92 Å². The summed E-state index contributed by atoms with van der Waals surface area (Å²) in [5.74, 6) is 1.93. The molecule has 4 heteroatoms. The molecule has 2 heterocycles. The number of hydrogen-bond donors (Lipinski definition) is 1. The van der Waals surface area contributed by atoms with Gasteiger partial charge >= 0.3 is 0 Å². The predicted molar refractivity (Wildman–Crippen MR) is 79.8 cm³/mol. The summed E-state index contributed by atoms with van der Waals surface area (Å²) in [6, 6.07) is 10.6. The Labute approximate surface area is 124 Å². The van der Waals surface area contributed by atoms with Crippen LogP contribution < -0.4 is 5.32 Å². The Morgan fingerprint density at radius 2 is 2.14 bits per heavy atom. The fourth-order valence-electron chi connectivity index (χ4n) is 3.35. The summed E-state index contributed by atoms with van der Waals surface area (Å²) in [4.78, 5) is 16.7. The number of carbonyl (C=O) groups excluding carboxylic acids is 1. The summed E-state index contributed by atoms with van der Waals surface area (Å²) in [5.41, 5.74) is 1.29. The largest absolute Gasteiger partial charge is 0.351 e. The van der Waals surface area contributed by atoms with Gasteiger partial charge in [0.05, 0.1) is 0 Å². The molecule has 0 saturated heterocycles. The number of carbonyl (C=O) groups is 1. The molecule has 1 N–H and O–H groups in total. The van der Waals surface area contributed by atoms with Gasteiger partial charge in [0.2, 0.25) is 5.91 Å². The third-order valence-corrected chi connectivity index (χ3v) is 4.64. The highest BCUT2D eigenvalue weighted by molar-refractivity contribution is 5.83. The second kappa shape index (κ2) is 5.02. The first-order valence-electron chi connectivity index (χ1n) is 7.66. The maximum atomic E-state index is 12.4. The van der Waals surface area contributed by atoms with Crippen LogP contribution in [0.3, 0.4) is 0 Å². The van der Waals surface area contributed by atoms with Gasteiger partial charge in [-0.05, 0) is 24.3 Å². The molecule has 1 saturated carbocycles. The lowest BCUT2D eigenvalue weighted by molar-refractivity contribution is -0.123. The topological polar surface area (TPSA) is 46.9 Å². The number of nitrogens with one attached hydrogen (secondary N) is 1. The molecule has 4 rings (SSSR count). The highest BCUT2D eigenvalue weighted by Gasteiger charge is 2.44. The Balaban J connectivity index is 1.36. The van der Waals surface area contributed by atoms with Crippen molar-refractivity contribution in [2.45, 2.75) is 37.8 Å². The van der Waals surface area contributed by atoms with Crippen LogP contribution in [0.25, 0.3) is 0 Å². The minimum Gasteiger partial charge on any atom is -0.351 e. The average molecular weight is 281 g/mol. The quantitative estimate of drug-likeness (QED) is 0.936. The number of hydrogen-bond acceptors (Lipinski definition) is 2. The van der Waals surface area contributed by atoms with Gasteiger partial charge in [-0.1, -0.05) is 30.3 Å². The molecule has 1 aliphatic carbocycles. The standard InChI is InChI=1S/C17H19N3O/c21-17(15-10-14(15)12-4-2-1-3-5-12)19-13-6-7-16-18-8-9-20(16)11-13/h1-5,8-9,13-15H,6-7,10-11H2,(H,19,21)/t13-,14+,15-/m1/s1. The third kappa shape index (κ3) is 2.46. The molecule has 0 unspecified atom stereocenters. The predicted octanol–water partition coefficient (Wildman–Crippen LogP) is 2.12. The molecule has 0 radical (unpaired) electrons. The summed E-state index contributed by atoms with van der Waals surface area (Å²) >= 11 is 0. The lowest BCUT2D eigenvalue weighted by Gasteiger charge is -2.24. The molecule has 4 nitrogen and oxygen atoms in total. The number of imidazole rings is 1. The van der Waals surface area contributed by atoms with E-state index in [1.165, 1.54) is 5.56 Å². The maximum Gasteiger partial charge on any atom is 0.224 e. The summed E-state index contributed by atoms with van der Waals surface area (Å²) < 4.78 is 2.15. The van der Waals surface area contributed by atoms with Gasteiger partial charge in [0.25, 0.3) is 0 Å². The molecule has 0 bridgehead atoms. The summed E-state index contributed by atoms with van der Waals surface area (Å²) in [5, 5.41) is 3.22. The van der Waals surface area contributed by atoms with Crippen LogP contribution in [-0.2, 0) is 17.8 Å². The van der Waals surface area contributed by atoms with E-state index in [1.807, 2.05) is 30.6 Å². The van der Waals surface area contributed by atoms with Gasteiger partial charge in [0, 0.05) is 37.3 Å². The van der Waals surface area contributed by atoms with Crippen molar-refractivity contribution in [2.75, 3.05) is 0 Å². The lowest BCUT2D eigenvalue weighted by Crippen LogP contribution is -2.41. The Bertz CT molecular complexity index is 649. The number of amides is 1. The normalized spacial score (nSPS) is 27.0. The van der Waals surface area contributed by atoms with E-state index in [0.717, 1.165) is 31.6 Å². The minimum atomic E-state index is 0.164. The minimum absolute atomic E-state index is 0.164. The SMILES string of the molecule is O=C(N[C@@H]1CCc2nccn2C1)[C@@H]1C[C@H]1c1ccccc1. The van der Waals surface area contributed by atoms with E-state index >= 15 is 0 Å². The first kappa shape index (κ1) is 12.6. The first-order chi connectivity index (χ1) is 10.3. The second-order valence-corrected chi connectivity index (χ2v) is 6.10. The van der Waals surface area contributed by atoms with Gasteiger partial charge in [-0.3, -0.25) is 4.79 Å². The van der Waals surface area contributed by atoms with Crippen LogP contribution in [0.2, 0.25) is 0 Å². The van der Waals surface area contributed by atoms with Crippen molar-refractivity contribution in [3.05, 3.63) is 54.1 Å². The van der Waals surface area contributed by atoms with Crippen LogP contribution in [0, 0.1) is 5.92 Å². The number of benzene rings is 1. The number of fused-ring (bicyclic) bond motifs is 1. The van der Waals surface area contributed by atoms with E-state index in [0.29, 0.717) is 5.92 Å². The van der Waals surface area contributed by atoms with Crippen LogP contribution in [0.5, 0.6) is 0 Å². The molecular weight excluding hydrogens is 262 g/mol. The second-order valence-electron chi connectivity index (χ2n) is 6.10. The Morgan fingerprint density at radius 3 is 3.00 bits per heavy atom. The number of aryl methyl sites for hydroxylation is 1. The molecule has 3 atom stereocenters. The molecule has 2 aromatic rings. The van der Waals surface area contributed by atoms with E-state index < -0.39 is 0 Å². The van der Waals surface area contributed by atoms with Gasteiger partial charge in [-0.2, -0.15) is 0 Å². The number of rotatable bonds is 3. The number of aromatic nitrogens is 2. The molecule has 1 aromatic carbocycles. The van der Waals surface area contributed by atoms with Crippen LogP contribution in [-0.4, -0.2) is 21.5 Å². The van der Waals surface area contributed by atoms with E-state index in [9.17, 15) is 4.79 Å². The fraction of sp³-hybridized carbons (Fsp3) is 0.412. The van der Waals surface area contributed by atoms with Crippen molar-refractivity contribution in [1.82, 2.24) is 14.9 Å². The van der Waals surface area contributed by atoms with Crippen LogP contribution in [0.1, 0.15) is 30.1 Å². The summed E-state index contributed by atoms with van der Waals surface area (Å²) in [6.07, 6.45) is 6.76. The smallest absolute Gasteiger partial charge is 0.224 e. The lowest BCUT2D eigenvalue weighted by atomic mass is 10.1. The van der Waals surface area contributed by atoms with Gasteiger partial charge in [-0.15, -0.1) is 0 Å². The van der Waals surface area contributed by atoms with Crippen molar-refractivity contribution in [3.8, 4) is 0 Å². The molecule has 0 spiro atoms. The van der Waals surface area contributed by atoms with Gasteiger partial charge in [0.15, 0.2) is 0 Å². The van der Waals surface area contributed by atoms with E-state index in [-0.39, 0.29) is 17.9 Å². The van der Waals surface area contributed by atoms with E-state index in [2.05, 4.69) is 27.0 Å². The molecule has 108 valence electrons.